The van der Waals surface area contributed by atoms with Crippen LogP contribution in [0.5, 0.6) is 0 Å². The van der Waals surface area contributed by atoms with Crippen molar-refractivity contribution in [2.45, 2.75) is 26.7 Å². The van der Waals surface area contributed by atoms with Gasteiger partial charge in [-0.3, -0.25) is 0 Å². The molecule has 20 heavy (non-hydrogen) atoms. The summed E-state index contributed by atoms with van der Waals surface area (Å²) in [5, 5.41) is 0. The van der Waals surface area contributed by atoms with E-state index in [0.29, 0.717) is 0 Å². The minimum Gasteiger partial charge on any atom is -1.00 e. The molecule has 2 rings (SSSR count). The normalized spacial score (nSPS) is 19.1. The zero-order valence-corrected chi connectivity index (χ0v) is 11.9. The zero-order chi connectivity index (χ0) is 12.8. The topological polar surface area (TPSA) is 6.48 Å². The lowest BCUT2D eigenvalue weighted by molar-refractivity contribution is -0.001000. The van der Waals surface area contributed by atoms with Crippen LogP contribution in [0.1, 0.15) is 26.7 Å². The van der Waals surface area contributed by atoms with Gasteiger partial charge in [-0.15, -0.1) is 0 Å². The average molecular weight is 278 g/mol. The Morgan fingerprint density at radius 1 is 0.800 bits per heavy atom. The second kappa shape index (κ2) is 8.98. The van der Waals surface area contributed by atoms with Crippen LogP contribution in [0.3, 0.4) is 0 Å². The van der Waals surface area contributed by atoms with E-state index in [2.05, 4.69) is 60.6 Å². The Morgan fingerprint density at radius 3 is 1.45 bits per heavy atom. The molecule has 0 unspecified atom stereocenters. The summed E-state index contributed by atoms with van der Waals surface area (Å²) >= 11 is 0. The van der Waals surface area contributed by atoms with Crippen molar-refractivity contribution in [2.75, 3.05) is 13.1 Å². The Labute approximate surface area is 120 Å². The molecule has 2 heterocycles. The number of hydrogen-bond donors (Lipinski definition) is 0. The molecule has 0 amide bonds. The Bertz CT molecular complexity index is 362. The molecule has 108 valence electrons. The van der Waals surface area contributed by atoms with Gasteiger partial charge in [0.15, 0.2) is 11.1 Å². The van der Waals surface area contributed by atoms with Gasteiger partial charge >= 0.3 is 0 Å². The predicted molar refractivity (Wildman–Crippen MR) is 74.9 cm³/mol. The zero-order valence-electron chi connectivity index (χ0n) is 11.9. The van der Waals surface area contributed by atoms with E-state index in [0.717, 1.165) is 25.9 Å². The second-order valence-corrected chi connectivity index (χ2v) is 4.48. The quantitative estimate of drug-likeness (QED) is 0.521. The minimum absolute atomic E-state index is 0. The number of rotatable bonds is 4. The van der Waals surface area contributed by atoms with Gasteiger partial charge in [0.05, 0.1) is 25.2 Å². The molecule has 2 aliphatic heterocycles. The van der Waals surface area contributed by atoms with Crippen molar-refractivity contribution in [3.63, 3.8) is 0 Å². The van der Waals surface area contributed by atoms with Crippen LogP contribution in [0.2, 0.25) is 0 Å². The standard InChI is InChI=1S/C16H20N2.2FH/c1-3-9-17-11-5-15(6-12-17)16-7-13-18(10-4-2)14-8-16;;/h5-8,11,13H,3-4,9-10H2,1-2H3;2*1H/q+2;;/p-2. The van der Waals surface area contributed by atoms with E-state index in [1.165, 1.54) is 11.1 Å². The van der Waals surface area contributed by atoms with Crippen LogP contribution in [0.15, 0.2) is 47.9 Å². The highest BCUT2D eigenvalue weighted by atomic mass is 19.0. The highest BCUT2D eigenvalue weighted by Crippen LogP contribution is 2.18. The molecule has 0 aliphatic carbocycles. The molecule has 0 aromatic rings. The summed E-state index contributed by atoms with van der Waals surface area (Å²) in [6.45, 7) is 6.40. The Kier molecular flexibility index (Phi) is 8.07. The van der Waals surface area contributed by atoms with E-state index in [9.17, 15) is 0 Å². The summed E-state index contributed by atoms with van der Waals surface area (Å²) in [5.41, 5.74) is 2.39. The third-order valence-corrected chi connectivity index (χ3v) is 2.90. The van der Waals surface area contributed by atoms with E-state index in [-0.39, 0.29) is 9.41 Å². The van der Waals surface area contributed by atoms with Gasteiger partial charge in [-0.05, 0) is 12.8 Å². The smallest absolute Gasteiger partial charge is 0.153 e. The van der Waals surface area contributed by atoms with Crippen molar-refractivity contribution in [3.8, 4) is 0 Å². The first-order valence-electron chi connectivity index (χ1n) is 6.66. The van der Waals surface area contributed by atoms with Crippen molar-refractivity contribution < 1.29 is 9.41 Å². The first-order valence-corrected chi connectivity index (χ1v) is 6.66. The molecule has 0 saturated carbocycles. The van der Waals surface area contributed by atoms with E-state index < -0.39 is 0 Å². The SMILES string of the molecule is CCCN1[C+]=CC(=C2C=[C+]N(CCC)C=C2)C=C1.[F-].[F-]. The summed E-state index contributed by atoms with van der Waals surface area (Å²) < 4.78 is 0. The lowest BCUT2D eigenvalue weighted by Gasteiger charge is -2.08. The maximum Gasteiger partial charge on any atom is 0.153 e. The fourth-order valence-electron chi connectivity index (χ4n) is 1.95. The van der Waals surface area contributed by atoms with Crippen molar-refractivity contribution in [1.29, 1.82) is 0 Å². The van der Waals surface area contributed by atoms with E-state index in [1.807, 2.05) is 12.2 Å². The van der Waals surface area contributed by atoms with E-state index in [1.54, 1.807) is 0 Å². The maximum absolute atomic E-state index is 3.27. The predicted octanol–water partition coefficient (Wildman–Crippen LogP) is -2.60. The first-order chi connectivity index (χ1) is 8.83. The summed E-state index contributed by atoms with van der Waals surface area (Å²) in [5.74, 6) is 0. The molecular formula is C16H20F2N2. The molecule has 0 bridgehead atoms. The third-order valence-electron chi connectivity index (χ3n) is 2.90. The fraction of sp³-hybridized carbons (Fsp3) is 0.375. The van der Waals surface area contributed by atoms with Gasteiger partial charge in [-0.1, -0.05) is 13.8 Å². The molecule has 0 radical (unpaired) electrons. The summed E-state index contributed by atoms with van der Waals surface area (Å²) in [6, 6.07) is 0. The fourth-order valence-corrected chi connectivity index (χ4v) is 1.95. The Morgan fingerprint density at radius 2 is 1.20 bits per heavy atom. The van der Waals surface area contributed by atoms with Crippen molar-refractivity contribution in [1.82, 2.24) is 9.80 Å². The molecule has 0 fully saturated rings. The van der Waals surface area contributed by atoms with Gasteiger partial charge in [-0.25, -0.2) is 9.80 Å². The molecule has 0 atom stereocenters. The van der Waals surface area contributed by atoms with Crippen molar-refractivity contribution in [2.24, 2.45) is 0 Å². The molecule has 0 N–H and O–H groups in total. The van der Waals surface area contributed by atoms with Gasteiger partial charge < -0.3 is 9.41 Å². The largest absolute Gasteiger partial charge is 1.00 e. The van der Waals surface area contributed by atoms with Gasteiger partial charge in [0.1, 0.15) is 37.0 Å². The number of hydrogen-bond acceptors (Lipinski definition) is 2. The number of nitrogens with zero attached hydrogens (tertiary/aromatic N) is 2. The molecular weight excluding hydrogens is 258 g/mol. The van der Waals surface area contributed by atoms with Crippen LogP contribution in [0.4, 0.5) is 0 Å². The number of halogens is 2. The lowest BCUT2D eigenvalue weighted by Crippen LogP contribution is -3.00. The Hall–Kier alpha value is -2.02. The van der Waals surface area contributed by atoms with Crippen LogP contribution in [-0.2, 0) is 0 Å². The monoisotopic (exact) mass is 278 g/mol. The minimum atomic E-state index is 0. The molecule has 0 aromatic heterocycles. The van der Waals surface area contributed by atoms with Gasteiger partial charge in [0, 0.05) is 0 Å². The van der Waals surface area contributed by atoms with Gasteiger partial charge in [-0.2, -0.15) is 0 Å². The van der Waals surface area contributed by atoms with Crippen LogP contribution < -0.4 is 9.41 Å². The Balaban J connectivity index is 0.00000180. The van der Waals surface area contributed by atoms with Crippen LogP contribution in [-0.4, -0.2) is 22.9 Å². The molecule has 2 aliphatic rings. The van der Waals surface area contributed by atoms with E-state index >= 15 is 0 Å². The van der Waals surface area contributed by atoms with Crippen LogP contribution in [0.25, 0.3) is 0 Å². The molecule has 0 spiro atoms. The lowest BCUT2D eigenvalue weighted by atomic mass is 10.0. The molecule has 4 heteroatoms. The first kappa shape index (κ1) is 18.0. The van der Waals surface area contributed by atoms with Gasteiger partial charge in [0.2, 0.25) is 0 Å². The molecule has 0 aromatic carbocycles. The summed E-state index contributed by atoms with van der Waals surface area (Å²) in [4.78, 5) is 4.18. The number of allylic oxidation sites excluding steroid dienone is 6. The molecule has 0 saturated heterocycles. The average Bonchev–Trinajstić information content (AvgIpc) is 2.41. The van der Waals surface area contributed by atoms with Crippen LogP contribution >= 0.6 is 0 Å². The third kappa shape index (κ3) is 4.58. The van der Waals surface area contributed by atoms with Crippen molar-refractivity contribution in [3.05, 3.63) is 60.3 Å². The maximum atomic E-state index is 3.27. The second-order valence-electron chi connectivity index (χ2n) is 4.48. The van der Waals surface area contributed by atoms with Crippen LogP contribution in [0, 0.1) is 12.4 Å². The highest BCUT2D eigenvalue weighted by Gasteiger charge is 2.19. The molecule has 2 nitrogen and oxygen atoms in total. The van der Waals surface area contributed by atoms with Crippen molar-refractivity contribution >= 4 is 0 Å². The van der Waals surface area contributed by atoms with Gasteiger partial charge in [0.25, 0.3) is 0 Å². The highest BCUT2D eigenvalue weighted by molar-refractivity contribution is 5.47. The summed E-state index contributed by atoms with van der Waals surface area (Å²) in [7, 11) is 0. The van der Waals surface area contributed by atoms with E-state index in [4.69, 9.17) is 0 Å². The summed E-state index contributed by atoms with van der Waals surface area (Å²) in [6.07, 6.45) is 21.4.